The lowest BCUT2D eigenvalue weighted by molar-refractivity contribution is 0.425. The van der Waals surface area contributed by atoms with Gasteiger partial charge in [-0.15, -0.1) is 0 Å². The lowest BCUT2D eigenvalue weighted by Crippen LogP contribution is -2.32. The highest BCUT2D eigenvalue weighted by Crippen LogP contribution is 2.20. The predicted octanol–water partition coefficient (Wildman–Crippen LogP) is -0.397. The van der Waals surface area contributed by atoms with Crippen molar-refractivity contribution in [2.75, 3.05) is 6.54 Å². The molecule has 0 saturated carbocycles. The van der Waals surface area contributed by atoms with Gasteiger partial charge in [-0.2, -0.15) is 0 Å². The molecule has 0 heterocycles. The van der Waals surface area contributed by atoms with Crippen molar-refractivity contribution in [1.29, 1.82) is 0 Å². The molecule has 0 amide bonds. The summed E-state index contributed by atoms with van der Waals surface area (Å²) in [5.41, 5.74) is 7.17. The Morgan fingerprint density at radius 1 is 1.21 bits per heavy atom. The molecule has 0 fully saturated rings. The summed E-state index contributed by atoms with van der Waals surface area (Å²) < 4.78 is 0. The van der Waals surface area contributed by atoms with Crippen LogP contribution in [0.25, 0.3) is 0 Å². The molecule has 3 nitrogen and oxygen atoms in total. The summed E-state index contributed by atoms with van der Waals surface area (Å²) in [7, 11) is -1.40. The van der Waals surface area contributed by atoms with Crippen LogP contribution >= 0.6 is 0 Å². The SMILES string of the molecule is CC(C)(CN)c1ccc(B(O)O)cc1. The Balaban J connectivity index is 2.94. The molecule has 14 heavy (non-hydrogen) atoms. The molecule has 1 rings (SSSR count). The second-order valence-electron chi connectivity index (χ2n) is 4.08. The molecular weight excluding hydrogens is 177 g/mol. The molecule has 1 aromatic rings. The van der Waals surface area contributed by atoms with E-state index < -0.39 is 7.12 Å². The molecule has 76 valence electrons. The minimum Gasteiger partial charge on any atom is -0.423 e. The van der Waals surface area contributed by atoms with Crippen LogP contribution in [0.3, 0.4) is 0 Å². The van der Waals surface area contributed by atoms with Gasteiger partial charge >= 0.3 is 7.12 Å². The monoisotopic (exact) mass is 193 g/mol. The van der Waals surface area contributed by atoms with E-state index >= 15 is 0 Å². The summed E-state index contributed by atoms with van der Waals surface area (Å²) >= 11 is 0. The molecule has 4 N–H and O–H groups in total. The lowest BCUT2D eigenvalue weighted by atomic mass is 9.77. The number of benzene rings is 1. The van der Waals surface area contributed by atoms with Crippen molar-refractivity contribution in [2.45, 2.75) is 19.3 Å². The fourth-order valence-electron chi connectivity index (χ4n) is 1.22. The first-order valence-corrected chi connectivity index (χ1v) is 4.64. The molecule has 0 saturated heterocycles. The Hall–Kier alpha value is -0.835. The van der Waals surface area contributed by atoms with Crippen LogP contribution in [0.4, 0.5) is 0 Å². The minimum absolute atomic E-state index is 0.0705. The van der Waals surface area contributed by atoms with E-state index in [4.69, 9.17) is 15.8 Å². The van der Waals surface area contributed by atoms with Gasteiger partial charge < -0.3 is 15.8 Å². The van der Waals surface area contributed by atoms with Crippen molar-refractivity contribution < 1.29 is 10.0 Å². The smallest absolute Gasteiger partial charge is 0.423 e. The summed E-state index contributed by atoms with van der Waals surface area (Å²) in [4.78, 5) is 0. The first-order chi connectivity index (χ1) is 6.47. The van der Waals surface area contributed by atoms with E-state index in [0.717, 1.165) is 5.56 Å². The maximum Gasteiger partial charge on any atom is 0.488 e. The summed E-state index contributed by atoms with van der Waals surface area (Å²) in [6.07, 6.45) is 0. The number of hydrogen-bond acceptors (Lipinski definition) is 3. The molecule has 0 spiro atoms. The van der Waals surface area contributed by atoms with Gasteiger partial charge in [0.2, 0.25) is 0 Å². The normalized spacial score (nSPS) is 11.5. The van der Waals surface area contributed by atoms with E-state index in [1.54, 1.807) is 12.1 Å². The highest BCUT2D eigenvalue weighted by atomic mass is 16.4. The largest absolute Gasteiger partial charge is 0.488 e. The summed E-state index contributed by atoms with van der Waals surface area (Å²) in [5, 5.41) is 17.8. The molecule has 0 radical (unpaired) electrons. The van der Waals surface area contributed by atoms with E-state index in [9.17, 15) is 0 Å². The zero-order valence-electron chi connectivity index (χ0n) is 8.57. The van der Waals surface area contributed by atoms with Crippen LogP contribution in [-0.2, 0) is 5.41 Å². The van der Waals surface area contributed by atoms with Crippen LogP contribution in [0, 0.1) is 0 Å². The third-order valence-corrected chi connectivity index (χ3v) is 2.50. The number of rotatable bonds is 3. The molecule has 1 aromatic carbocycles. The summed E-state index contributed by atoms with van der Waals surface area (Å²) in [6, 6.07) is 7.16. The minimum atomic E-state index is -1.40. The van der Waals surface area contributed by atoms with Crippen molar-refractivity contribution in [3.8, 4) is 0 Å². The predicted molar refractivity (Wildman–Crippen MR) is 58.3 cm³/mol. The fourth-order valence-corrected chi connectivity index (χ4v) is 1.22. The number of nitrogens with two attached hydrogens (primary N) is 1. The van der Waals surface area contributed by atoms with E-state index in [1.807, 2.05) is 12.1 Å². The van der Waals surface area contributed by atoms with Crippen LogP contribution in [-0.4, -0.2) is 23.7 Å². The zero-order valence-corrected chi connectivity index (χ0v) is 8.57. The molecule has 0 atom stereocenters. The van der Waals surface area contributed by atoms with Crippen LogP contribution in [0.2, 0.25) is 0 Å². The maximum absolute atomic E-state index is 8.91. The summed E-state index contributed by atoms with van der Waals surface area (Å²) in [6.45, 7) is 4.67. The Labute approximate surface area is 84.7 Å². The van der Waals surface area contributed by atoms with Gasteiger partial charge in [-0.05, 0) is 11.0 Å². The lowest BCUT2D eigenvalue weighted by Gasteiger charge is -2.23. The van der Waals surface area contributed by atoms with E-state index in [1.165, 1.54) is 0 Å². The first kappa shape index (κ1) is 11.2. The van der Waals surface area contributed by atoms with Crippen LogP contribution in [0.15, 0.2) is 24.3 Å². The van der Waals surface area contributed by atoms with Crippen molar-refractivity contribution in [3.05, 3.63) is 29.8 Å². The molecular formula is C10H16BNO2. The standard InChI is InChI=1S/C10H16BNO2/c1-10(2,7-12)8-3-5-9(6-4-8)11(13)14/h3-6,13-14H,7,12H2,1-2H3. The van der Waals surface area contributed by atoms with Gasteiger partial charge in [-0.1, -0.05) is 38.1 Å². The average molecular weight is 193 g/mol. The molecule has 0 bridgehead atoms. The van der Waals surface area contributed by atoms with Crippen molar-refractivity contribution in [2.24, 2.45) is 5.73 Å². The summed E-state index contributed by atoms with van der Waals surface area (Å²) in [5.74, 6) is 0. The molecule has 0 aliphatic heterocycles. The van der Waals surface area contributed by atoms with Crippen molar-refractivity contribution in [1.82, 2.24) is 0 Å². The van der Waals surface area contributed by atoms with Gasteiger partial charge in [-0.3, -0.25) is 0 Å². The third kappa shape index (κ3) is 2.35. The van der Waals surface area contributed by atoms with Gasteiger partial charge in [0.25, 0.3) is 0 Å². The fraction of sp³-hybridized carbons (Fsp3) is 0.400. The van der Waals surface area contributed by atoms with Gasteiger partial charge in [-0.25, -0.2) is 0 Å². The molecule has 0 aliphatic carbocycles. The first-order valence-electron chi connectivity index (χ1n) is 4.64. The Morgan fingerprint density at radius 3 is 2.07 bits per heavy atom. The second-order valence-corrected chi connectivity index (χ2v) is 4.08. The van der Waals surface area contributed by atoms with Crippen LogP contribution in [0.5, 0.6) is 0 Å². The zero-order chi connectivity index (χ0) is 10.8. The van der Waals surface area contributed by atoms with Crippen LogP contribution in [0.1, 0.15) is 19.4 Å². The van der Waals surface area contributed by atoms with Crippen molar-refractivity contribution >= 4 is 12.6 Å². The number of hydrogen-bond donors (Lipinski definition) is 3. The van der Waals surface area contributed by atoms with E-state index in [2.05, 4.69) is 13.8 Å². The molecule has 0 aromatic heterocycles. The van der Waals surface area contributed by atoms with Gasteiger partial charge in [0.15, 0.2) is 0 Å². The molecule has 0 aliphatic rings. The topological polar surface area (TPSA) is 66.5 Å². The Morgan fingerprint density at radius 2 is 1.71 bits per heavy atom. The highest BCUT2D eigenvalue weighted by Gasteiger charge is 2.19. The molecule has 0 unspecified atom stereocenters. The second kappa shape index (κ2) is 4.13. The van der Waals surface area contributed by atoms with Crippen molar-refractivity contribution in [3.63, 3.8) is 0 Å². The van der Waals surface area contributed by atoms with Gasteiger partial charge in [0.05, 0.1) is 0 Å². The van der Waals surface area contributed by atoms with Crippen LogP contribution < -0.4 is 11.2 Å². The third-order valence-electron chi connectivity index (χ3n) is 2.50. The van der Waals surface area contributed by atoms with E-state index in [0.29, 0.717) is 12.0 Å². The quantitative estimate of drug-likeness (QED) is 0.572. The van der Waals surface area contributed by atoms with Gasteiger partial charge in [0.1, 0.15) is 0 Å². The van der Waals surface area contributed by atoms with E-state index in [-0.39, 0.29) is 5.41 Å². The highest BCUT2D eigenvalue weighted by molar-refractivity contribution is 6.58. The van der Waals surface area contributed by atoms with Gasteiger partial charge in [0, 0.05) is 12.0 Å². The Bertz CT molecular complexity index is 295. The molecule has 4 heteroatoms. The average Bonchev–Trinajstić information content (AvgIpc) is 2.18. The Kier molecular flexibility index (Phi) is 3.31. The maximum atomic E-state index is 8.91.